The highest BCUT2D eigenvalue weighted by molar-refractivity contribution is 5.74. The average Bonchev–Trinajstić information content (AvgIpc) is 2.35. The van der Waals surface area contributed by atoms with E-state index >= 15 is 0 Å². The lowest BCUT2D eigenvalue weighted by molar-refractivity contribution is -0.268. The van der Waals surface area contributed by atoms with Crippen molar-refractivity contribution in [2.24, 2.45) is 23.2 Å². The van der Waals surface area contributed by atoms with Gasteiger partial charge in [0.05, 0.1) is 12.0 Å². The van der Waals surface area contributed by atoms with Crippen molar-refractivity contribution < 1.29 is 14.3 Å². The van der Waals surface area contributed by atoms with E-state index in [2.05, 4.69) is 34.6 Å². The quantitative estimate of drug-likeness (QED) is 0.715. The Kier molecular flexibility index (Phi) is 4.24. The number of rotatable bonds is 2. The molecule has 0 aromatic heterocycles. The van der Waals surface area contributed by atoms with Crippen molar-refractivity contribution in [1.82, 2.24) is 0 Å². The van der Waals surface area contributed by atoms with Gasteiger partial charge in [-0.2, -0.15) is 0 Å². The zero-order valence-electron chi connectivity index (χ0n) is 12.9. The van der Waals surface area contributed by atoms with Gasteiger partial charge >= 0.3 is 5.97 Å². The molecule has 0 amide bonds. The summed E-state index contributed by atoms with van der Waals surface area (Å²) in [4.78, 5) is 12.4. The molecule has 5 unspecified atom stereocenters. The highest BCUT2D eigenvalue weighted by Gasteiger charge is 2.49. The van der Waals surface area contributed by atoms with Gasteiger partial charge in [-0.1, -0.05) is 47.5 Å². The molecule has 19 heavy (non-hydrogen) atoms. The van der Waals surface area contributed by atoms with Crippen LogP contribution in [0.15, 0.2) is 0 Å². The summed E-state index contributed by atoms with van der Waals surface area (Å²) >= 11 is 0. The van der Waals surface area contributed by atoms with Gasteiger partial charge < -0.3 is 9.47 Å². The van der Waals surface area contributed by atoms with Gasteiger partial charge in [-0.25, -0.2) is 0 Å². The number of ether oxygens (including phenoxy) is 2. The van der Waals surface area contributed by atoms with E-state index in [1.54, 1.807) is 0 Å². The van der Waals surface area contributed by atoms with E-state index in [1.807, 2.05) is 0 Å². The standard InChI is InChI=1S/C16H28O3/c1-6-10(2)11-8-7-9-12-13(11)14(17)19-15(18-12)16(3,4)5/h10-13,15H,6-9H2,1-5H3. The second kappa shape index (κ2) is 5.43. The SMILES string of the molecule is CCC(C)C1CCCC2OC(C(C)(C)C)OC(=O)C21. The molecule has 1 saturated carbocycles. The third kappa shape index (κ3) is 2.96. The Hall–Kier alpha value is -0.570. The number of fused-ring (bicyclic) bond motifs is 1. The Labute approximate surface area is 117 Å². The molecule has 2 aliphatic rings. The molecule has 5 atom stereocenters. The third-order valence-electron chi connectivity index (χ3n) is 4.76. The summed E-state index contributed by atoms with van der Waals surface area (Å²) in [7, 11) is 0. The summed E-state index contributed by atoms with van der Waals surface area (Å²) < 4.78 is 11.7. The molecule has 2 fully saturated rings. The van der Waals surface area contributed by atoms with Crippen molar-refractivity contribution in [3.8, 4) is 0 Å². The first-order valence-electron chi connectivity index (χ1n) is 7.70. The summed E-state index contributed by atoms with van der Waals surface area (Å²) in [6.07, 6.45) is 4.09. The molecule has 1 saturated heterocycles. The second-order valence-corrected chi connectivity index (χ2v) is 7.32. The molecule has 0 aromatic rings. The number of carbonyl (C=O) groups is 1. The molecule has 1 aliphatic heterocycles. The summed E-state index contributed by atoms with van der Waals surface area (Å²) in [5, 5.41) is 0. The number of esters is 1. The van der Waals surface area contributed by atoms with E-state index in [0.29, 0.717) is 11.8 Å². The highest BCUT2D eigenvalue weighted by Crippen LogP contribution is 2.43. The predicted molar refractivity (Wildman–Crippen MR) is 74.5 cm³/mol. The first kappa shape index (κ1) is 14.8. The van der Waals surface area contributed by atoms with Crippen molar-refractivity contribution in [3.63, 3.8) is 0 Å². The van der Waals surface area contributed by atoms with Crippen LogP contribution < -0.4 is 0 Å². The van der Waals surface area contributed by atoms with Gasteiger partial charge in [-0.3, -0.25) is 4.79 Å². The normalized spacial score (nSPS) is 37.4. The van der Waals surface area contributed by atoms with E-state index in [9.17, 15) is 4.79 Å². The Balaban J connectivity index is 2.15. The Bertz CT molecular complexity index is 331. The first-order chi connectivity index (χ1) is 8.84. The molecule has 0 radical (unpaired) electrons. The minimum atomic E-state index is -0.392. The van der Waals surface area contributed by atoms with Crippen molar-refractivity contribution in [3.05, 3.63) is 0 Å². The molecule has 3 nitrogen and oxygen atoms in total. The maximum atomic E-state index is 12.4. The van der Waals surface area contributed by atoms with Gasteiger partial charge in [0, 0.05) is 5.41 Å². The van der Waals surface area contributed by atoms with Crippen molar-refractivity contribution in [2.45, 2.75) is 72.7 Å². The van der Waals surface area contributed by atoms with Gasteiger partial charge in [0.15, 0.2) is 0 Å². The number of hydrogen-bond donors (Lipinski definition) is 0. The molecule has 110 valence electrons. The molecule has 0 N–H and O–H groups in total. The molecule has 1 aliphatic carbocycles. The maximum Gasteiger partial charge on any atom is 0.314 e. The second-order valence-electron chi connectivity index (χ2n) is 7.32. The van der Waals surface area contributed by atoms with Crippen LogP contribution in [-0.4, -0.2) is 18.4 Å². The molecular weight excluding hydrogens is 240 g/mol. The first-order valence-corrected chi connectivity index (χ1v) is 7.70. The van der Waals surface area contributed by atoms with E-state index in [0.717, 1.165) is 19.3 Å². The summed E-state index contributed by atoms with van der Waals surface area (Å²) in [6, 6.07) is 0. The van der Waals surface area contributed by atoms with Crippen LogP contribution in [0.4, 0.5) is 0 Å². The van der Waals surface area contributed by atoms with E-state index < -0.39 is 6.29 Å². The fourth-order valence-electron chi connectivity index (χ4n) is 3.36. The van der Waals surface area contributed by atoms with Gasteiger partial charge in [0.25, 0.3) is 0 Å². The summed E-state index contributed by atoms with van der Waals surface area (Å²) in [6.45, 7) is 10.6. The lowest BCUT2D eigenvalue weighted by Gasteiger charge is -2.46. The lowest BCUT2D eigenvalue weighted by Crippen LogP contribution is -2.53. The molecule has 1 heterocycles. The minimum absolute atomic E-state index is 0.0267. The molecule has 2 rings (SSSR count). The van der Waals surface area contributed by atoms with Gasteiger partial charge in [-0.05, 0) is 24.7 Å². The monoisotopic (exact) mass is 268 g/mol. The number of hydrogen-bond acceptors (Lipinski definition) is 3. The van der Waals surface area contributed by atoms with E-state index in [4.69, 9.17) is 9.47 Å². The fourth-order valence-corrected chi connectivity index (χ4v) is 3.36. The molecule has 0 bridgehead atoms. The van der Waals surface area contributed by atoms with Gasteiger partial charge in [-0.15, -0.1) is 0 Å². The predicted octanol–water partition coefficient (Wildman–Crippen LogP) is 3.76. The smallest absolute Gasteiger partial charge is 0.314 e. The highest BCUT2D eigenvalue weighted by atomic mass is 16.7. The summed E-state index contributed by atoms with van der Waals surface area (Å²) in [5.41, 5.74) is -0.149. The largest absolute Gasteiger partial charge is 0.435 e. The van der Waals surface area contributed by atoms with Crippen LogP contribution in [0.3, 0.4) is 0 Å². The van der Waals surface area contributed by atoms with Crippen LogP contribution in [0.1, 0.15) is 60.3 Å². The zero-order valence-corrected chi connectivity index (χ0v) is 12.9. The van der Waals surface area contributed by atoms with Crippen LogP contribution in [0.5, 0.6) is 0 Å². The van der Waals surface area contributed by atoms with Crippen LogP contribution >= 0.6 is 0 Å². The van der Waals surface area contributed by atoms with Crippen molar-refractivity contribution in [1.29, 1.82) is 0 Å². The van der Waals surface area contributed by atoms with E-state index in [-0.39, 0.29) is 23.4 Å². The summed E-state index contributed by atoms with van der Waals surface area (Å²) in [5.74, 6) is 0.927. The molecule has 0 spiro atoms. The third-order valence-corrected chi connectivity index (χ3v) is 4.76. The number of carbonyl (C=O) groups excluding carboxylic acids is 1. The van der Waals surface area contributed by atoms with Crippen LogP contribution in [-0.2, 0) is 14.3 Å². The average molecular weight is 268 g/mol. The fraction of sp³-hybridized carbons (Fsp3) is 0.938. The van der Waals surface area contributed by atoms with Crippen LogP contribution in [0.25, 0.3) is 0 Å². The van der Waals surface area contributed by atoms with Crippen LogP contribution in [0, 0.1) is 23.2 Å². The van der Waals surface area contributed by atoms with Gasteiger partial charge in [0.1, 0.15) is 0 Å². The minimum Gasteiger partial charge on any atom is -0.435 e. The van der Waals surface area contributed by atoms with E-state index in [1.165, 1.54) is 6.42 Å². The van der Waals surface area contributed by atoms with Crippen molar-refractivity contribution in [2.75, 3.05) is 0 Å². The van der Waals surface area contributed by atoms with Gasteiger partial charge in [0.2, 0.25) is 6.29 Å². The Morgan fingerprint density at radius 2 is 2.00 bits per heavy atom. The zero-order chi connectivity index (χ0) is 14.2. The Morgan fingerprint density at radius 1 is 1.32 bits per heavy atom. The van der Waals surface area contributed by atoms with Crippen molar-refractivity contribution >= 4 is 5.97 Å². The lowest BCUT2D eigenvalue weighted by atomic mass is 9.70. The molecular formula is C16H28O3. The molecule has 0 aromatic carbocycles. The topological polar surface area (TPSA) is 35.5 Å². The van der Waals surface area contributed by atoms with Crippen LogP contribution in [0.2, 0.25) is 0 Å². The number of cyclic esters (lactones) is 1. The Morgan fingerprint density at radius 3 is 2.58 bits per heavy atom. The maximum absolute atomic E-state index is 12.4. The molecule has 3 heteroatoms.